The second kappa shape index (κ2) is 9.58. The number of fused-ring (bicyclic) bond motifs is 3. The fourth-order valence-electron chi connectivity index (χ4n) is 3.94. The predicted octanol–water partition coefficient (Wildman–Crippen LogP) is 3.37. The van der Waals surface area contributed by atoms with Crippen LogP contribution in [0.25, 0.3) is 11.1 Å². The van der Waals surface area contributed by atoms with Gasteiger partial charge in [0, 0.05) is 24.2 Å². The summed E-state index contributed by atoms with van der Waals surface area (Å²) < 4.78 is 5.40. The second-order valence-corrected chi connectivity index (χ2v) is 8.03. The van der Waals surface area contributed by atoms with Gasteiger partial charge in [0.25, 0.3) is 0 Å². The van der Waals surface area contributed by atoms with E-state index in [0.29, 0.717) is 0 Å². The molecule has 0 fully saturated rings. The molecule has 1 aliphatic carbocycles. The first-order valence-corrected chi connectivity index (χ1v) is 10.6. The van der Waals surface area contributed by atoms with Crippen molar-refractivity contribution < 1.29 is 29.6 Å². The number of carbonyl (C=O) groups excluding carboxylic acids is 1. The third-order valence-corrected chi connectivity index (χ3v) is 5.86. The van der Waals surface area contributed by atoms with E-state index >= 15 is 0 Å². The van der Waals surface area contributed by atoms with Gasteiger partial charge in [0.15, 0.2) is 5.69 Å². The highest BCUT2D eigenvalue weighted by molar-refractivity contribution is 6.33. The maximum Gasteiger partial charge on any atom is 0.407 e. The van der Waals surface area contributed by atoms with E-state index in [0.717, 1.165) is 28.5 Å². The molecule has 0 aliphatic heterocycles. The summed E-state index contributed by atoms with van der Waals surface area (Å²) >= 11 is 5.85. The minimum absolute atomic E-state index is 0.0976. The Morgan fingerprint density at radius 1 is 1.06 bits per heavy atom. The molecule has 0 saturated carbocycles. The lowest BCUT2D eigenvalue weighted by Gasteiger charge is -2.19. The van der Waals surface area contributed by atoms with E-state index in [1.54, 1.807) is 0 Å². The van der Waals surface area contributed by atoms with Crippen LogP contribution in [0.4, 0.5) is 4.79 Å². The van der Waals surface area contributed by atoms with Crippen LogP contribution in [0, 0.1) is 0 Å². The van der Waals surface area contributed by atoms with Crippen molar-refractivity contribution in [1.82, 2.24) is 10.3 Å². The summed E-state index contributed by atoms with van der Waals surface area (Å²) in [6.45, 7) is -0.176. The van der Waals surface area contributed by atoms with Gasteiger partial charge in [0.1, 0.15) is 18.8 Å². The van der Waals surface area contributed by atoms with Crippen LogP contribution < -0.4 is 5.32 Å². The number of amides is 1. The number of nitrogens with zero attached hydrogens (tertiary/aromatic N) is 1. The van der Waals surface area contributed by atoms with Crippen LogP contribution in [0.5, 0.6) is 0 Å². The van der Waals surface area contributed by atoms with Crippen LogP contribution in [0.1, 0.15) is 39.2 Å². The fourth-order valence-corrected chi connectivity index (χ4v) is 4.20. The molecule has 1 aromatic heterocycles. The minimum atomic E-state index is -1.44. The lowest BCUT2D eigenvalue weighted by atomic mass is 9.98. The van der Waals surface area contributed by atoms with Crippen molar-refractivity contribution in [2.75, 3.05) is 13.2 Å². The van der Waals surface area contributed by atoms with Crippen LogP contribution in [0.15, 0.2) is 60.8 Å². The summed E-state index contributed by atoms with van der Waals surface area (Å²) in [4.78, 5) is 26.9. The first-order chi connectivity index (χ1) is 15.9. The third-order valence-electron chi connectivity index (χ3n) is 5.57. The van der Waals surface area contributed by atoms with Crippen LogP contribution in [0.3, 0.4) is 0 Å². The van der Waals surface area contributed by atoms with E-state index in [4.69, 9.17) is 21.4 Å². The van der Waals surface area contributed by atoms with Crippen molar-refractivity contribution in [2.24, 2.45) is 0 Å². The number of carbonyl (C=O) groups is 2. The molecule has 2 unspecified atom stereocenters. The quantitative estimate of drug-likeness (QED) is 0.418. The molecule has 3 aromatic rings. The Labute approximate surface area is 194 Å². The van der Waals surface area contributed by atoms with Gasteiger partial charge in [-0.1, -0.05) is 60.1 Å². The number of pyridine rings is 1. The molecule has 2 aromatic carbocycles. The van der Waals surface area contributed by atoms with E-state index in [2.05, 4.69) is 10.3 Å². The highest BCUT2D eigenvalue weighted by Gasteiger charge is 2.29. The number of carboxylic acids is 1. The van der Waals surface area contributed by atoms with Crippen LogP contribution in [-0.2, 0) is 4.74 Å². The maximum absolute atomic E-state index is 12.2. The average Bonchev–Trinajstić information content (AvgIpc) is 3.14. The number of hydrogen-bond donors (Lipinski definition) is 4. The first kappa shape index (κ1) is 22.7. The van der Waals surface area contributed by atoms with Crippen molar-refractivity contribution in [2.45, 2.75) is 18.1 Å². The van der Waals surface area contributed by atoms with Gasteiger partial charge in [-0.3, -0.25) is 0 Å². The van der Waals surface area contributed by atoms with Crippen LogP contribution in [0.2, 0.25) is 5.02 Å². The van der Waals surface area contributed by atoms with Gasteiger partial charge in [-0.25, -0.2) is 14.6 Å². The Balaban J connectivity index is 1.34. The number of aliphatic hydroxyl groups is 2. The number of rotatable bonds is 7. The van der Waals surface area contributed by atoms with E-state index in [-0.39, 0.29) is 35.3 Å². The standard InChI is InChI=1S/C24H21ClN2O6/c25-19-9-13(10-26-21(19)23(30)31)22(29)20(28)11-27-24(32)33-12-18-16-7-3-1-5-14(16)15-6-2-4-8-17(15)18/h1-10,18,20,22,28-29H,11-12H2,(H,27,32)(H,30,31). The summed E-state index contributed by atoms with van der Waals surface area (Å²) in [7, 11) is 0. The lowest BCUT2D eigenvalue weighted by Crippen LogP contribution is -2.36. The highest BCUT2D eigenvalue weighted by Crippen LogP contribution is 2.44. The molecule has 9 heteroatoms. The van der Waals surface area contributed by atoms with Gasteiger partial charge >= 0.3 is 12.1 Å². The number of aliphatic hydroxyl groups excluding tert-OH is 2. The van der Waals surface area contributed by atoms with Crippen molar-refractivity contribution in [3.05, 3.63) is 88.2 Å². The lowest BCUT2D eigenvalue weighted by molar-refractivity contribution is 0.0183. The number of alkyl carbamates (subject to hydrolysis) is 1. The zero-order valence-corrected chi connectivity index (χ0v) is 18.1. The minimum Gasteiger partial charge on any atom is -0.476 e. The average molecular weight is 469 g/mol. The van der Waals surface area contributed by atoms with Gasteiger partial charge in [0.2, 0.25) is 0 Å². The Morgan fingerprint density at radius 3 is 2.24 bits per heavy atom. The van der Waals surface area contributed by atoms with Crippen LogP contribution >= 0.6 is 11.6 Å². The molecular formula is C24H21ClN2O6. The summed E-state index contributed by atoms with van der Waals surface area (Å²) in [5.74, 6) is -1.40. The zero-order valence-electron chi connectivity index (χ0n) is 17.3. The fraction of sp³-hybridized carbons (Fsp3) is 0.208. The van der Waals surface area contributed by atoms with Gasteiger partial charge < -0.3 is 25.4 Å². The molecule has 1 amide bonds. The number of nitrogens with one attached hydrogen (secondary N) is 1. The Bertz CT molecular complexity index is 1160. The Kier molecular flexibility index (Phi) is 6.60. The predicted molar refractivity (Wildman–Crippen MR) is 120 cm³/mol. The molecule has 33 heavy (non-hydrogen) atoms. The number of hydrogen-bond acceptors (Lipinski definition) is 6. The van der Waals surface area contributed by atoms with Crippen LogP contribution in [-0.4, -0.2) is 51.6 Å². The second-order valence-electron chi connectivity index (χ2n) is 7.62. The number of aromatic nitrogens is 1. The molecule has 0 saturated heterocycles. The number of ether oxygens (including phenoxy) is 1. The van der Waals surface area contributed by atoms with E-state index in [1.807, 2.05) is 48.5 Å². The van der Waals surface area contributed by atoms with Crippen molar-refractivity contribution in [3.8, 4) is 11.1 Å². The smallest absolute Gasteiger partial charge is 0.407 e. The summed E-state index contributed by atoms with van der Waals surface area (Å²) in [5, 5.41) is 31.7. The van der Waals surface area contributed by atoms with Gasteiger partial charge in [-0.15, -0.1) is 0 Å². The molecular weight excluding hydrogens is 448 g/mol. The summed E-state index contributed by atoms with van der Waals surface area (Å²) in [6.07, 6.45) is -2.46. The van der Waals surface area contributed by atoms with Gasteiger partial charge in [-0.2, -0.15) is 0 Å². The molecule has 170 valence electrons. The SMILES string of the molecule is O=C(NCC(O)C(O)c1cnc(C(=O)O)c(Cl)c1)OCC1c2ccccc2-c2ccccc21. The molecule has 0 spiro atoms. The van der Waals surface area contributed by atoms with Crippen molar-refractivity contribution in [3.63, 3.8) is 0 Å². The van der Waals surface area contributed by atoms with Gasteiger partial charge in [-0.05, 0) is 28.3 Å². The molecule has 1 aliphatic rings. The number of halogens is 1. The summed E-state index contributed by atoms with van der Waals surface area (Å²) in [6, 6.07) is 17.1. The maximum atomic E-state index is 12.2. The van der Waals surface area contributed by atoms with E-state index < -0.39 is 24.3 Å². The largest absolute Gasteiger partial charge is 0.476 e. The molecule has 0 radical (unpaired) electrons. The monoisotopic (exact) mass is 468 g/mol. The molecule has 4 rings (SSSR count). The molecule has 0 bridgehead atoms. The third kappa shape index (κ3) is 4.68. The van der Waals surface area contributed by atoms with Crippen molar-refractivity contribution >= 4 is 23.7 Å². The van der Waals surface area contributed by atoms with E-state index in [1.165, 1.54) is 6.07 Å². The highest BCUT2D eigenvalue weighted by atomic mass is 35.5. The zero-order chi connectivity index (χ0) is 23.5. The first-order valence-electron chi connectivity index (χ1n) is 10.2. The summed E-state index contributed by atoms with van der Waals surface area (Å²) in [5.41, 5.74) is 4.14. The Hall–Kier alpha value is -3.46. The topological polar surface area (TPSA) is 129 Å². The molecule has 4 N–H and O–H groups in total. The molecule has 8 nitrogen and oxygen atoms in total. The molecule has 1 heterocycles. The number of aromatic carboxylic acids is 1. The van der Waals surface area contributed by atoms with E-state index in [9.17, 15) is 19.8 Å². The number of carboxylic acid groups (broad SMARTS) is 1. The normalized spacial score (nSPS) is 14.2. The van der Waals surface area contributed by atoms with Crippen molar-refractivity contribution in [1.29, 1.82) is 0 Å². The molecule has 2 atom stereocenters. The van der Waals surface area contributed by atoms with Gasteiger partial charge in [0.05, 0.1) is 5.02 Å². The number of benzene rings is 2. The Morgan fingerprint density at radius 2 is 1.67 bits per heavy atom.